The first-order valence-corrected chi connectivity index (χ1v) is 6.38. The highest BCUT2D eigenvalue weighted by atomic mass is 16.6. The van der Waals surface area contributed by atoms with Gasteiger partial charge in [-0.05, 0) is 18.6 Å². The van der Waals surface area contributed by atoms with Gasteiger partial charge in [-0.25, -0.2) is 0 Å². The number of aliphatic hydroxyl groups is 1. The zero-order valence-corrected chi connectivity index (χ0v) is 10.3. The molecule has 0 aliphatic carbocycles. The Balaban J connectivity index is 1.88. The minimum atomic E-state index is -0.435. The highest BCUT2D eigenvalue weighted by Crippen LogP contribution is 2.32. The van der Waals surface area contributed by atoms with E-state index in [0.717, 1.165) is 37.2 Å². The first-order valence-electron chi connectivity index (χ1n) is 6.38. The first-order chi connectivity index (χ1) is 8.31. The van der Waals surface area contributed by atoms with Crippen LogP contribution in [-0.2, 0) is 0 Å². The van der Waals surface area contributed by atoms with Crippen molar-refractivity contribution in [3.63, 3.8) is 0 Å². The molecule has 0 radical (unpaired) electrons. The van der Waals surface area contributed by atoms with Crippen molar-refractivity contribution in [1.82, 2.24) is 0 Å². The molecular weight excluding hydrogens is 216 g/mol. The lowest BCUT2D eigenvalue weighted by atomic mass is 10.1. The molecule has 0 saturated carbocycles. The lowest BCUT2D eigenvalue weighted by Gasteiger charge is -2.29. The van der Waals surface area contributed by atoms with Crippen molar-refractivity contribution >= 4 is 0 Å². The maximum Gasteiger partial charge on any atom is 0.161 e. The van der Waals surface area contributed by atoms with Gasteiger partial charge < -0.3 is 14.6 Å². The number of aliphatic hydroxyl groups excluding tert-OH is 1. The quantitative estimate of drug-likeness (QED) is 0.799. The molecule has 2 rings (SSSR count). The number of para-hydroxylation sites is 2. The second kappa shape index (κ2) is 5.92. The standard InChI is InChI=1S/C14H20O3/c1-2-3-4-7-11(15)14-10-16-12-8-5-6-9-13(12)17-14/h5-6,8-9,11,14-15H,2-4,7,10H2,1H3. The molecule has 0 spiro atoms. The molecule has 3 heteroatoms. The fourth-order valence-corrected chi connectivity index (χ4v) is 2.01. The summed E-state index contributed by atoms with van der Waals surface area (Å²) in [6.45, 7) is 2.59. The van der Waals surface area contributed by atoms with Crippen molar-refractivity contribution in [1.29, 1.82) is 0 Å². The average molecular weight is 236 g/mol. The minimum Gasteiger partial charge on any atom is -0.486 e. The van der Waals surface area contributed by atoms with Gasteiger partial charge in [-0.2, -0.15) is 0 Å². The van der Waals surface area contributed by atoms with Crippen LogP contribution in [0.3, 0.4) is 0 Å². The van der Waals surface area contributed by atoms with Gasteiger partial charge in [-0.1, -0.05) is 38.3 Å². The van der Waals surface area contributed by atoms with E-state index in [9.17, 15) is 5.11 Å². The molecule has 1 heterocycles. The van der Waals surface area contributed by atoms with Crippen LogP contribution in [0.15, 0.2) is 24.3 Å². The van der Waals surface area contributed by atoms with E-state index in [1.807, 2.05) is 24.3 Å². The number of unbranched alkanes of at least 4 members (excludes halogenated alkanes) is 2. The molecule has 3 nitrogen and oxygen atoms in total. The summed E-state index contributed by atoms with van der Waals surface area (Å²) in [5.41, 5.74) is 0. The van der Waals surface area contributed by atoms with Gasteiger partial charge in [0, 0.05) is 0 Å². The Kier molecular flexibility index (Phi) is 4.26. The molecule has 0 amide bonds. The zero-order chi connectivity index (χ0) is 12.1. The first kappa shape index (κ1) is 12.2. The number of benzene rings is 1. The zero-order valence-electron chi connectivity index (χ0n) is 10.3. The molecule has 1 aromatic carbocycles. The Morgan fingerprint density at radius 3 is 2.82 bits per heavy atom. The van der Waals surface area contributed by atoms with Crippen LogP contribution in [0.4, 0.5) is 0 Å². The SMILES string of the molecule is CCCCCC(O)C1COc2ccccc2O1. The van der Waals surface area contributed by atoms with Gasteiger partial charge in [-0.3, -0.25) is 0 Å². The largest absolute Gasteiger partial charge is 0.486 e. The van der Waals surface area contributed by atoms with Crippen molar-refractivity contribution in [3.05, 3.63) is 24.3 Å². The lowest BCUT2D eigenvalue weighted by Crippen LogP contribution is -2.39. The maximum absolute atomic E-state index is 10.0. The van der Waals surface area contributed by atoms with E-state index in [1.54, 1.807) is 0 Å². The van der Waals surface area contributed by atoms with Gasteiger partial charge in [-0.15, -0.1) is 0 Å². The highest BCUT2D eigenvalue weighted by molar-refractivity contribution is 5.40. The molecule has 0 fully saturated rings. The molecule has 0 aromatic heterocycles. The molecule has 17 heavy (non-hydrogen) atoms. The third kappa shape index (κ3) is 3.13. The van der Waals surface area contributed by atoms with E-state index in [4.69, 9.17) is 9.47 Å². The molecule has 2 unspecified atom stereocenters. The monoisotopic (exact) mass is 236 g/mol. The smallest absolute Gasteiger partial charge is 0.161 e. The minimum absolute atomic E-state index is 0.234. The van der Waals surface area contributed by atoms with Crippen LogP contribution in [0, 0.1) is 0 Å². The number of fused-ring (bicyclic) bond motifs is 1. The summed E-state index contributed by atoms with van der Waals surface area (Å²) in [6, 6.07) is 7.59. The fraction of sp³-hybridized carbons (Fsp3) is 0.571. The highest BCUT2D eigenvalue weighted by Gasteiger charge is 2.26. The summed E-state index contributed by atoms with van der Waals surface area (Å²) >= 11 is 0. The van der Waals surface area contributed by atoms with Crippen LogP contribution in [0.2, 0.25) is 0 Å². The summed E-state index contributed by atoms with van der Waals surface area (Å²) in [7, 11) is 0. The Bertz CT molecular complexity index is 351. The predicted octanol–water partition coefficient (Wildman–Crippen LogP) is 2.77. The number of ether oxygens (including phenoxy) is 2. The molecule has 0 bridgehead atoms. The van der Waals surface area contributed by atoms with E-state index < -0.39 is 6.10 Å². The van der Waals surface area contributed by atoms with Gasteiger partial charge in [0.2, 0.25) is 0 Å². The Hall–Kier alpha value is -1.22. The third-order valence-corrected chi connectivity index (χ3v) is 3.06. The van der Waals surface area contributed by atoms with Crippen molar-refractivity contribution < 1.29 is 14.6 Å². The summed E-state index contributed by atoms with van der Waals surface area (Å²) in [5.74, 6) is 1.50. The van der Waals surface area contributed by atoms with Crippen molar-refractivity contribution in [2.24, 2.45) is 0 Å². The third-order valence-electron chi connectivity index (χ3n) is 3.06. The fourth-order valence-electron chi connectivity index (χ4n) is 2.01. The summed E-state index contributed by atoms with van der Waals surface area (Å²) in [4.78, 5) is 0. The van der Waals surface area contributed by atoms with E-state index in [2.05, 4.69) is 6.92 Å². The Morgan fingerprint density at radius 2 is 2.06 bits per heavy atom. The van der Waals surface area contributed by atoms with Crippen molar-refractivity contribution in [3.8, 4) is 11.5 Å². The molecule has 2 atom stereocenters. The summed E-state index contributed by atoms with van der Waals surface area (Å²) < 4.78 is 11.3. The van der Waals surface area contributed by atoms with Crippen LogP contribution >= 0.6 is 0 Å². The maximum atomic E-state index is 10.0. The van der Waals surface area contributed by atoms with Crippen LogP contribution < -0.4 is 9.47 Å². The molecule has 1 aromatic rings. The van der Waals surface area contributed by atoms with E-state index in [-0.39, 0.29) is 6.10 Å². The molecular formula is C14H20O3. The molecule has 94 valence electrons. The molecule has 1 aliphatic rings. The predicted molar refractivity (Wildman–Crippen MR) is 66.5 cm³/mol. The van der Waals surface area contributed by atoms with E-state index >= 15 is 0 Å². The normalized spacial score (nSPS) is 20.0. The lowest BCUT2D eigenvalue weighted by molar-refractivity contribution is -0.0145. The van der Waals surface area contributed by atoms with Crippen LogP contribution in [-0.4, -0.2) is 23.9 Å². The van der Waals surface area contributed by atoms with Gasteiger partial charge >= 0.3 is 0 Å². The number of hydrogen-bond acceptors (Lipinski definition) is 3. The summed E-state index contributed by atoms with van der Waals surface area (Å²) in [5, 5.41) is 10.0. The number of hydrogen-bond donors (Lipinski definition) is 1. The topological polar surface area (TPSA) is 38.7 Å². The molecule has 1 aliphatic heterocycles. The van der Waals surface area contributed by atoms with Crippen LogP contribution in [0.1, 0.15) is 32.6 Å². The second-order valence-electron chi connectivity index (χ2n) is 4.48. The Morgan fingerprint density at radius 1 is 1.29 bits per heavy atom. The second-order valence-corrected chi connectivity index (χ2v) is 4.48. The van der Waals surface area contributed by atoms with Crippen molar-refractivity contribution in [2.75, 3.05) is 6.61 Å². The van der Waals surface area contributed by atoms with Gasteiger partial charge in [0.1, 0.15) is 6.61 Å². The van der Waals surface area contributed by atoms with Gasteiger partial charge in [0.05, 0.1) is 6.10 Å². The number of rotatable bonds is 5. The van der Waals surface area contributed by atoms with Crippen LogP contribution in [0.5, 0.6) is 11.5 Å². The van der Waals surface area contributed by atoms with Gasteiger partial charge in [0.25, 0.3) is 0 Å². The molecule has 1 N–H and O–H groups in total. The molecule has 0 saturated heterocycles. The van der Waals surface area contributed by atoms with E-state index in [1.165, 1.54) is 0 Å². The van der Waals surface area contributed by atoms with E-state index in [0.29, 0.717) is 6.61 Å². The average Bonchev–Trinajstić information content (AvgIpc) is 2.38. The summed E-state index contributed by atoms with van der Waals surface area (Å²) in [6.07, 6.45) is 3.47. The van der Waals surface area contributed by atoms with Crippen molar-refractivity contribution in [2.45, 2.75) is 44.8 Å². The van der Waals surface area contributed by atoms with Gasteiger partial charge in [0.15, 0.2) is 17.6 Å². The Labute approximate surface area is 102 Å². The van der Waals surface area contributed by atoms with Crippen LogP contribution in [0.25, 0.3) is 0 Å².